The number of carboxylic acids is 1. The number of carbonyl (C=O) groups excluding carboxylic acids is 2. The number of ether oxygens (including phenoxy) is 1. The maximum Gasteiger partial charge on any atom is 0.306 e. The lowest BCUT2D eigenvalue weighted by Gasteiger charge is -2.22. The molecule has 1 atom stereocenters. The van der Waals surface area contributed by atoms with Crippen LogP contribution in [0.2, 0.25) is 0 Å². The molecule has 0 aliphatic rings. The van der Waals surface area contributed by atoms with E-state index in [0.717, 1.165) is 6.42 Å². The molecule has 0 N–H and O–H groups in total. The molecule has 5 heteroatoms. The Morgan fingerprint density at radius 1 is 1.33 bits per heavy atom. The lowest BCUT2D eigenvalue weighted by molar-refractivity contribution is -0.305. The molecule has 0 bridgehead atoms. The summed E-state index contributed by atoms with van der Waals surface area (Å²) < 4.78 is 4.94. The number of aliphatic carboxylic acids is 1. The zero-order valence-corrected chi connectivity index (χ0v) is 9.49. The largest absolute Gasteiger partial charge is 0.550 e. The van der Waals surface area contributed by atoms with Gasteiger partial charge >= 0.3 is 5.97 Å². The molecule has 0 saturated carbocycles. The Morgan fingerprint density at radius 2 is 1.93 bits per heavy atom. The first-order chi connectivity index (χ1) is 6.97. The summed E-state index contributed by atoms with van der Waals surface area (Å²) in [6.07, 6.45) is 0.477. The van der Waals surface area contributed by atoms with Crippen LogP contribution in [0.5, 0.6) is 0 Å². The van der Waals surface area contributed by atoms with Crippen molar-refractivity contribution in [2.45, 2.75) is 32.2 Å². The monoisotopic (exact) mass is 216 g/mol. The van der Waals surface area contributed by atoms with Gasteiger partial charge in [0.05, 0.1) is 6.42 Å². The molecule has 0 aromatic carbocycles. The van der Waals surface area contributed by atoms with Gasteiger partial charge in [0.1, 0.15) is 6.61 Å². The Bertz CT molecular complexity index is 215. The van der Waals surface area contributed by atoms with Gasteiger partial charge in [0.15, 0.2) is 0 Å². The minimum atomic E-state index is -1.23. The van der Waals surface area contributed by atoms with Crippen LogP contribution in [-0.4, -0.2) is 43.6 Å². The van der Waals surface area contributed by atoms with Gasteiger partial charge in [0, 0.05) is 12.0 Å². The Hall–Kier alpha value is -1.10. The van der Waals surface area contributed by atoms with Gasteiger partial charge in [-0.3, -0.25) is 4.79 Å². The summed E-state index contributed by atoms with van der Waals surface area (Å²) in [4.78, 5) is 23.1. The Kier molecular flexibility index (Phi) is 6.70. The number of likely N-dealkylation sites (N-methyl/N-ethyl adjacent to an activating group) is 1. The van der Waals surface area contributed by atoms with Crippen molar-refractivity contribution in [1.29, 1.82) is 0 Å². The third-order valence-corrected chi connectivity index (χ3v) is 2.17. The van der Waals surface area contributed by atoms with Gasteiger partial charge in [0.2, 0.25) is 0 Å². The van der Waals surface area contributed by atoms with Gasteiger partial charge in [-0.1, -0.05) is 6.92 Å². The molecule has 0 saturated heterocycles. The number of carbonyl (C=O) groups is 2. The van der Waals surface area contributed by atoms with E-state index in [1.807, 2.05) is 25.9 Å². The van der Waals surface area contributed by atoms with Crippen LogP contribution in [0, 0.1) is 0 Å². The fourth-order valence-corrected chi connectivity index (χ4v) is 1.10. The van der Waals surface area contributed by atoms with Crippen LogP contribution < -0.4 is 5.11 Å². The molecule has 0 rings (SSSR count). The zero-order valence-electron chi connectivity index (χ0n) is 9.49. The zero-order chi connectivity index (χ0) is 11.8. The van der Waals surface area contributed by atoms with E-state index in [1.165, 1.54) is 0 Å². The van der Waals surface area contributed by atoms with Crippen molar-refractivity contribution in [2.75, 3.05) is 20.7 Å². The predicted molar refractivity (Wildman–Crippen MR) is 53.0 cm³/mol. The summed E-state index contributed by atoms with van der Waals surface area (Å²) in [7, 11) is 3.81. The van der Waals surface area contributed by atoms with Crippen LogP contribution in [0.15, 0.2) is 0 Å². The third-order valence-electron chi connectivity index (χ3n) is 2.17. The lowest BCUT2D eigenvalue weighted by atomic mass is 10.2. The quantitative estimate of drug-likeness (QED) is 0.531. The van der Waals surface area contributed by atoms with E-state index in [2.05, 4.69) is 0 Å². The average molecular weight is 216 g/mol. The van der Waals surface area contributed by atoms with E-state index in [-0.39, 0.29) is 18.9 Å². The van der Waals surface area contributed by atoms with Crippen LogP contribution in [-0.2, 0) is 14.3 Å². The van der Waals surface area contributed by atoms with Crippen LogP contribution in [0.1, 0.15) is 26.2 Å². The smallest absolute Gasteiger partial charge is 0.306 e. The molecular formula is C10H18NO4-. The summed E-state index contributed by atoms with van der Waals surface area (Å²) in [5.74, 6) is -1.72. The molecule has 5 nitrogen and oxygen atoms in total. The Labute approximate surface area is 90.0 Å². The molecule has 0 aliphatic heterocycles. The molecule has 1 unspecified atom stereocenters. The first kappa shape index (κ1) is 13.9. The Balaban J connectivity index is 3.73. The van der Waals surface area contributed by atoms with E-state index in [0.29, 0.717) is 6.61 Å². The molecule has 0 aliphatic carbocycles. The highest BCUT2D eigenvalue weighted by Crippen LogP contribution is 2.01. The van der Waals surface area contributed by atoms with Gasteiger partial charge in [-0.15, -0.1) is 0 Å². The standard InChI is InChI=1S/C10H19NO4/c1-4-8(11(2)3)7-15-10(14)6-5-9(12)13/h8H,4-7H2,1-3H3,(H,12,13)/p-1. The van der Waals surface area contributed by atoms with E-state index in [4.69, 9.17) is 4.74 Å². The SMILES string of the molecule is CCC(COC(=O)CCC(=O)[O-])N(C)C. The number of hydrogen-bond donors (Lipinski definition) is 0. The van der Waals surface area contributed by atoms with Crippen molar-refractivity contribution in [3.05, 3.63) is 0 Å². The molecule has 88 valence electrons. The highest BCUT2D eigenvalue weighted by molar-refractivity contribution is 5.75. The summed E-state index contributed by atoms with van der Waals surface area (Å²) in [6, 6.07) is 0.178. The fraction of sp³-hybridized carbons (Fsp3) is 0.800. The fourth-order valence-electron chi connectivity index (χ4n) is 1.10. The summed E-state index contributed by atoms with van der Waals surface area (Å²) in [6.45, 7) is 2.30. The molecule has 0 amide bonds. The van der Waals surface area contributed by atoms with Crippen LogP contribution in [0.3, 0.4) is 0 Å². The van der Waals surface area contributed by atoms with Crippen LogP contribution in [0.25, 0.3) is 0 Å². The number of esters is 1. The predicted octanol–water partition coefficient (Wildman–Crippen LogP) is -0.600. The topological polar surface area (TPSA) is 69.7 Å². The van der Waals surface area contributed by atoms with Crippen LogP contribution in [0.4, 0.5) is 0 Å². The molecule has 0 aromatic heterocycles. The summed E-state index contributed by atoms with van der Waals surface area (Å²) in [5, 5.41) is 10.1. The molecule has 0 aromatic rings. The maximum absolute atomic E-state index is 11.1. The van der Waals surface area contributed by atoms with Crippen LogP contribution >= 0.6 is 0 Å². The molecule has 15 heavy (non-hydrogen) atoms. The highest BCUT2D eigenvalue weighted by Gasteiger charge is 2.11. The lowest BCUT2D eigenvalue weighted by Crippen LogP contribution is -2.33. The van der Waals surface area contributed by atoms with Gasteiger partial charge in [0.25, 0.3) is 0 Å². The van der Waals surface area contributed by atoms with Crippen molar-refractivity contribution in [3.8, 4) is 0 Å². The molecular weight excluding hydrogens is 198 g/mol. The van der Waals surface area contributed by atoms with Crippen molar-refractivity contribution in [2.24, 2.45) is 0 Å². The number of rotatable bonds is 7. The van der Waals surface area contributed by atoms with Gasteiger partial charge in [-0.25, -0.2) is 0 Å². The van der Waals surface area contributed by atoms with Crippen molar-refractivity contribution in [1.82, 2.24) is 4.90 Å². The van der Waals surface area contributed by atoms with E-state index < -0.39 is 11.9 Å². The minimum absolute atomic E-state index is 0.119. The van der Waals surface area contributed by atoms with Crippen molar-refractivity contribution >= 4 is 11.9 Å². The van der Waals surface area contributed by atoms with E-state index in [9.17, 15) is 14.7 Å². The summed E-state index contributed by atoms with van der Waals surface area (Å²) >= 11 is 0. The first-order valence-electron chi connectivity index (χ1n) is 4.99. The van der Waals surface area contributed by atoms with Gasteiger partial charge < -0.3 is 19.5 Å². The molecule has 0 radical (unpaired) electrons. The second-order valence-electron chi connectivity index (χ2n) is 3.58. The van der Waals surface area contributed by atoms with Gasteiger partial charge in [-0.2, -0.15) is 0 Å². The normalized spacial score (nSPS) is 12.5. The molecule has 0 fully saturated rings. The van der Waals surface area contributed by atoms with Gasteiger partial charge in [-0.05, 0) is 26.9 Å². The summed E-state index contributed by atoms with van der Waals surface area (Å²) in [5.41, 5.74) is 0. The minimum Gasteiger partial charge on any atom is -0.550 e. The Morgan fingerprint density at radius 3 is 2.33 bits per heavy atom. The van der Waals surface area contributed by atoms with E-state index >= 15 is 0 Å². The average Bonchev–Trinajstić information content (AvgIpc) is 2.15. The first-order valence-corrected chi connectivity index (χ1v) is 4.99. The highest BCUT2D eigenvalue weighted by atomic mass is 16.5. The van der Waals surface area contributed by atoms with Crippen molar-refractivity contribution in [3.63, 3.8) is 0 Å². The maximum atomic E-state index is 11.1. The molecule has 0 heterocycles. The third kappa shape index (κ3) is 6.90. The van der Waals surface area contributed by atoms with Crippen molar-refractivity contribution < 1.29 is 19.4 Å². The number of nitrogens with zero attached hydrogens (tertiary/aromatic N) is 1. The molecule has 0 spiro atoms. The number of carboxylic acid groups (broad SMARTS) is 1. The van der Waals surface area contributed by atoms with E-state index in [1.54, 1.807) is 0 Å². The second kappa shape index (κ2) is 7.23. The second-order valence-corrected chi connectivity index (χ2v) is 3.58. The number of hydrogen-bond acceptors (Lipinski definition) is 5.